The van der Waals surface area contributed by atoms with E-state index in [2.05, 4.69) is 25.6 Å². The van der Waals surface area contributed by atoms with Crippen molar-refractivity contribution in [3.8, 4) is 11.4 Å². The third-order valence-corrected chi connectivity index (χ3v) is 1.76. The van der Waals surface area contributed by atoms with Crippen molar-refractivity contribution in [3.63, 3.8) is 0 Å². The van der Waals surface area contributed by atoms with Crippen LogP contribution in [0, 0.1) is 0 Å². The first-order valence-corrected chi connectivity index (χ1v) is 4.09. The van der Waals surface area contributed by atoms with Crippen LogP contribution in [0.25, 0.3) is 11.4 Å². The number of hydrogen-bond donors (Lipinski definition) is 1. The summed E-state index contributed by atoms with van der Waals surface area (Å²) in [5.74, 6) is 0. The summed E-state index contributed by atoms with van der Waals surface area (Å²) in [6.07, 6.45) is 2.59. The molecule has 2 rings (SSSR count). The summed E-state index contributed by atoms with van der Waals surface area (Å²) in [6.45, 7) is 2.04. The quantitative estimate of drug-likeness (QED) is 0.733. The maximum Gasteiger partial charge on any atom is 0.133 e. The van der Waals surface area contributed by atoms with E-state index in [4.69, 9.17) is 0 Å². The maximum atomic E-state index is 4.02. The highest BCUT2D eigenvalue weighted by molar-refractivity contribution is 5.50. The van der Waals surface area contributed by atoms with Gasteiger partial charge in [-0.15, -0.1) is 10.2 Å². The van der Waals surface area contributed by atoms with Crippen LogP contribution in [0.3, 0.4) is 0 Å². The van der Waals surface area contributed by atoms with Crippen LogP contribution in [-0.4, -0.2) is 25.6 Å². The first kappa shape index (κ1) is 7.85. The van der Waals surface area contributed by atoms with E-state index < -0.39 is 0 Å². The van der Waals surface area contributed by atoms with E-state index >= 15 is 0 Å². The Hall–Kier alpha value is -1.78. The van der Waals surface area contributed by atoms with Crippen LogP contribution in [0.5, 0.6) is 0 Å². The normalized spacial score (nSPS) is 10.2. The number of nitrogens with zero attached hydrogens (tertiary/aromatic N) is 4. The third kappa shape index (κ3) is 1.53. The van der Waals surface area contributed by atoms with Crippen LogP contribution in [0.1, 0.15) is 12.6 Å². The molecule has 0 spiro atoms. The van der Waals surface area contributed by atoms with E-state index in [1.54, 1.807) is 6.20 Å². The zero-order chi connectivity index (χ0) is 9.10. The summed E-state index contributed by atoms with van der Waals surface area (Å²) in [5.41, 5.74) is 2.44. The summed E-state index contributed by atoms with van der Waals surface area (Å²) in [7, 11) is 0. The lowest BCUT2D eigenvalue weighted by atomic mass is 10.2. The van der Waals surface area contributed by atoms with Crippen LogP contribution in [-0.2, 0) is 6.42 Å². The first-order chi connectivity index (χ1) is 6.40. The molecule has 0 aromatic carbocycles. The van der Waals surface area contributed by atoms with Crippen molar-refractivity contribution >= 4 is 0 Å². The average Bonchev–Trinajstić information content (AvgIpc) is 2.71. The topological polar surface area (TPSA) is 67.3 Å². The van der Waals surface area contributed by atoms with Crippen molar-refractivity contribution in [3.05, 3.63) is 24.0 Å². The number of H-pyrrole nitrogens is 1. The third-order valence-electron chi connectivity index (χ3n) is 1.76. The molecule has 5 nitrogen and oxygen atoms in total. The zero-order valence-electron chi connectivity index (χ0n) is 7.23. The number of hydrogen-bond acceptors (Lipinski definition) is 4. The van der Waals surface area contributed by atoms with Gasteiger partial charge in [-0.3, -0.25) is 5.10 Å². The van der Waals surface area contributed by atoms with Gasteiger partial charge in [0.2, 0.25) is 0 Å². The molecule has 0 radical (unpaired) electrons. The molecule has 0 aliphatic carbocycles. The second-order valence-corrected chi connectivity index (χ2v) is 2.62. The molecule has 1 N–H and O–H groups in total. The van der Waals surface area contributed by atoms with Crippen LogP contribution in [0.15, 0.2) is 18.3 Å². The molecule has 2 aromatic heterocycles. The number of aromatic amines is 1. The van der Waals surface area contributed by atoms with Gasteiger partial charge in [-0.1, -0.05) is 12.1 Å². The summed E-state index contributed by atoms with van der Waals surface area (Å²) >= 11 is 0. The highest BCUT2D eigenvalue weighted by Gasteiger charge is 2.01. The molecule has 2 aromatic rings. The molecular formula is C8H9N5. The average molecular weight is 175 g/mol. The van der Waals surface area contributed by atoms with E-state index in [9.17, 15) is 0 Å². The van der Waals surface area contributed by atoms with Crippen molar-refractivity contribution in [2.24, 2.45) is 0 Å². The van der Waals surface area contributed by atoms with Crippen molar-refractivity contribution in [2.45, 2.75) is 13.3 Å². The molecule has 66 valence electrons. The molecule has 0 aliphatic rings. The van der Waals surface area contributed by atoms with Gasteiger partial charge >= 0.3 is 0 Å². The zero-order valence-corrected chi connectivity index (χ0v) is 7.23. The molecule has 0 bridgehead atoms. The van der Waals surface area contributed by atoms with Gasteiger partial charge in [0, 0.05) is 0 Å². The van der Waals surface area contributed by atoms with Gasteiger partial charge in [0.15, 0.2) is 0 Å². The van der Waals surface area contributed by atoms with Crippen LogP contribution in [0.4, 0.5) is 0 Å². The highest BCUT2D eigenvalue weighted by Crippen LogP contribution is 2.10. The molecule has 0 atom stereocenters. The van der Waals surface area contributed by atoms with Gasteiger partial charge < -0.3 is 0 Å². The lowest BCUT2D eigenvalue weighted by Crippen LogP contribution is -1.92. The lowest BCUT2D eigenvalue weighted by Gasteiger charge is -1.95. The van der Waals surface area contributed by atoms with Gasteiger partial charge in [-0.25, -0.2) is 0 Å². The SMILES string of the molecule is CCc1ccc(-c2c[nH]nn2)nn1. The number of nitrogens with one attached hydrogen (secondary N) is 1. The number of rotatable bonds is 2. The van der Waals surface area contributed by atoms with Crippen molar-refractivity contribution in [1.82, 2.24) is 25.6 Å². The van der Waals surface area contributed by atoms with Crippen molar-refractivity contribution in [2.75, 3.05) is 0 Å². The second-order valence-electron chi connectivity index (χ2n) is 2.62. The Balaban J connectivity index is 2.33. The smallest absolute Gasteiger partial charge is 0.133 e. The fourth-order valence-corrected chi connectivity index (χ4v) is 1.01. The Labute approximate surface area is 75.2 Å². The Bertz CT molecular complexity index is 364. The summed E-state index contributed by atoms with van der Waals surface area (Å²) < 4.78 is 0. The van der Waals surface area contributed by atoms with E-state index in [0.717, 1.165) is 23.5 Å². The molecule has 2 heterocycles. The predicted molar refractivity (Wildman–Crippen MR) is 46.8 cm³/mol. The van der Waals surface area contributed by atoms with Crippen LogP contribution >= 0.6 is 0 Å². The van der Waals surface area contributed by atoms with Gasteiger partial charge in [-0.05, 0) is 18.6 Å². The van der Waals surface area contributed by atoms with Gasteiger partial charge in [0.1, 0.15) is 11.4 Å². The van der Waals surface area contributed by atoms with E-state index in [-0.39, 0.29) is 0 Å². The first-order valence-electron chi connectivity index (χ1n) is 4.09. The van der Waals surface area contributed by atoms with Crippen LogP contribution < -0.4 is 0 Å². The van der Waals surface area contributed by atoms with Gasteiger partial charge in [-0.2, -0.15) is 5.10 Å². The minimum atomic E-state index is 0.718. The van der Waals surface area contributed by atoms with Crippen molar-refractivity contribution < 1.29 is 0 Å². The largest absolute Gasteiger partial charge is 0.265 e. The molecule has 0 fully saturated rings. The predicted octanol–water partition coefficient (Wildman–Crippen LogP) is 0.824. The molecule has 13 heavy (non-hydrogen) atoms. The minimum absolute atomic E-state index is 0.718. The number of aromatic nitrogens is 5. The molecule has 0 aliphatic heterocycles. The Kier molecular flexibility index (Phi) is 1.99. The maximum absolute atomic E-state index is 4.02. The van der Waals surface area contributed by atoms with Gasteiger partial charge in [0.25, 0.3) is 0 Å². The summed E-state index contributed by atoms with van der Waals surface area (Å²) in [6, 6.07) is 3.83. The molecule has 0 saturated heterocycles. The molecule has 0 unspecified atom stereocenters. The monoisotopic (exact) mass is 175 g/mol. The van der Waals surface area contributed by atoms with Crippen molar-refractivity contribution in [1.29, 1.82) is 0 Å². The van der Waals surface area contributed by atoms with Gasteiger partial charge in [0.05, 0.1) is 11.9 Å². The Morgan fingerprint density at radius 1 is 1.15 bits per heavy atom. The molecule has 0 saturated carbocycles. The van der Waals surface area contributed by atoms with Crippen LogP contribution in [0.2, 0.25) is 0 Å². The fourth-order valence-electron chi connectivity index (χ4n) is 1.01. The molecular weight excluding hydrogens is 166 g/mol. The molecule has 5 heteroatoms. The minimum Gasteiger partial charge on any atom is -0.265 e. The Morgan fingerprint density at radius 3 is 2.62 bits per heavy atom. The summed E-state index contributed by atoms with van der Waals surface area (Å²) in [5, 5.41) is 18.1. The molecule has 0 amide bonds. The fraction of sp³-hybridized carbons (Fsp3) is 0.250. The lowest BCUT2D eigenvalue weighted by molar-refractivity contribution is 0.912. The van der Waals surface area contributed by atoms with E-state index in [1.165, 1.54) is 0 Å². The Morgan fingerprint density at radius 2 is 2.08 bits per heavy atom. The standard InChI is InChI=1S/C8H9N5/c1-2-6-3-4-7(11-10-6)8-5-9-13-12-8/h3-5H,2H2,1H3,(H,9,12,13). The number of aryl methyl sites for hydroxylation is 1. The highest BCUT2D eigenvalue weighted by atomic mass is 15.3. The van der Waals surface area contributed by atoms with E-state index in [0.29, 0.717) is 0 Å². The second kappa shape index (κ2) is 3.30. The summed E-state index contributed by atoms with van der Waals surface area (Å²) in [4.78, 5) is 0. The van der Waals surface area contributed by atoms with E-state index in [1.807, 2.05) is 19.1 Å².